The van der Waals surface area contributed by atoms with Crippen LogP contribution < -0.4 is 4.90 Å². The van der Waals surface area contributed by atoms with Crippen molar-refractivity contribution >= 4 is 11.6 Å². The van der Waals surface area contributed by atoms with Crippen LogP contribution in [0.25, 0.3) is 0 Å². The number of nitroso groups, excluding NO2 is 1. The van der Waals surface area contributed by atoms with Crippen molar-refractivity contribution in [3.8, 4) is 0 Å². The molecule has 152 valence electrons. The summed E-state index contributed by atoms with van der Waals surface area (Å²) < 4.78 is 54.8. The van der Waals surface area contributed by atoms with Gasteiger partial charge in [-0.2, -0.15) is 13.2 Å². The van der Waals surface area contributed by atoms with Crippen molar-refractivity contribution in [1.82, 2.24) is 0 Å². The first-order valence-corrected chi connectivity index (χ1v) is 9.82. The number of carbonyl (C=O) groups excluding carboxylic acids is 1. The van der Waals surface area contributed by atoms with Crippen LogP contribution in [0.2, 0.25) is 0 Å². The van der Waals surface area contributed by atoms with Crippen LogP contribution in [-0.4, -0.2) is 18.6 Å². The molecular formula is C20H22F4N2O2. The molecule has 1 aromatic rings. The zero-order valence-electron chi connectivity index (χ0n) is 15.4. The maximum Gasteiger partial charge on any atom is 0.424 e. The minimum atomic E-state index is -5.10. The van der Waals surface area contributed by atoms with Crippen molar-refractivity contribution in [2.75, 3.05) is 11.4 Å². The summed E-state index contributed by atoms with van der Waals surface area (Å²) in [6.45, 7) is 0.477. The molecule has 3 aliphatic rings. The molecular weight excluding hydrogens is 376 g/mol. The number of benzene rings is 1. The molecule has 4 nitrogen and oxygen atoms in total. The largest absolute Gasteiger partial charge is 0.424 e. The fraction of sp³-hybridized carbons (Fsp3) is 0.650. The summed E-state index contributed by atoms with van der Waals surface area (Å²) in [7, 11) is 0. The number of rotatable bonds is 3. The highest BCUT2D eigenvalue weighted by atomic mass is 19.4. The third-order valence-electron chi connectivity index (χ3n) is 6.49. The molecule has 28 heavy (non-hydrogen) atoms. The maximum atomic E-state index is 14.5. The van der Waals surface area contributed by atoms with Crippen molar-refractivity contribution in [2.24, 2.45) is 11.1 Å². The summed E-state index contributed by atoms with van der Waals surface area (Å²) in [5, 5.41) is 2.18. The lowest BCUT2D eigenvalue weighted by molar-refractivity contribution is -0.218. The van der Waals surface area contributed by atoms with Crippen LogP contribution >= 0.6 is 0 Å². The van der Waals surface area contributed by atoms with Crippen LogP contribution in [0.5, 0.6) is 0 Å². The SMILES string of the molecule is O=NC1(C(F)(F)F)c2cc3c(cc2C1F)N(C(=O)CC1CCCC1)CCCC3. The molecule has 0 saturated heterocycles. The normalized spacial score (nSPS) is 27.6. The number of aryl methyl sites for hydroxylation is 1. The molecule has 1 heterocycles. The van der Waals surface area contributed by atoms with E-state index in [9.17, 15) is 27.3 Å². The van der Waals surface area contributed by atoms with Gasteiger partial charge in [-0.3, -0.25) is 4.79 Å². The van der Waals surface area contributed by atoms with Gasteiger partial charge in [0.2, 0.25) is 5.91 Å². The van der Waals surface area contributed by atoms with Gasteiger partial charge in [-0.25, -0.2) is 4.39 Å². The van der Waals surface area contributed by atoms with Gasteiger partial charge < -0.3 is 4.90 Å². The molecule has 1 aromatic carbocycles. The summed E-state index contributed by atoms with van der Waals surface area (Å²) in [6, 6.07) is 2.58. The Morgan fingerprint density at radius 1 is 1.18 bits per heavy atom. The Morgan fingerprint density at radius 3 is 2.54 bits per heavy atom. The van der Waals surface area contributed by atoms with Crippen LogP contribution in [0.1, 0.15) is 67.8 Å². The van der Waals surface area contributed by atoms with Crippen LogP contribution in [0.4, 0.5) is 23.2 Å². The lowest BCUT2D eigenvalue weighted by Gasteiger charge is -2.43. The molecule has 4 rings (SSSR count). The van der Waals surface area contributed by atoms with Crippen molar-refractivity contribution in [1.29, 1.82) is 0 Å². The number of fused-ring (bicyclic) bond motifs is 2. The van der Waals surface area contributed by atoms with Gasteiger partial charge in [-0.15, -0.1) is 4.91 Å². The van der Waals surface area contributed by atoms with Gasteiger partial charge in [0.1, 0.15) is 0 Å². The standard InChI is InChI=1S/C20H22F4N2O2/c21-18-14-11-16-13(10-15(14)19(18,25-28)20(22,23)24)7-3-4-8-26(16)17(27)9-12-5-1-2-6-12/h10-12,18H,1-9H2. The Kier molecular flexibility index (Phi) is 4.70. The molecule has 0 radical (unpaired) electrons. The number of hydrogen-bond acceptors (Lipinski definition) is 3. The highest BCUT2D eigenvalue weighted by molar-refractivity contribution is 5.95. The molecule has 1 saturated carbocycles. The molecule has 0 spiro atoms. The number of hydrogen-bond donors (Lipinski definition) is 0. The van der Waals surface area contributed by atoms with Gasteiger partial charge in [-0.05, 0) is 60.4 Å². The van der Waals surface area contributed by atoms with E-state index in [1.807, 2.05) is 0 Å². The van der Waals surface area contributed by atoms with Crippen molar-refractivity contribution in [3.63, 3.8) is 0 Å². The summed E-state index contributed by atoms with van der Waals surface area (Å²) in [5.74, 6) is 0.289. The number of alkyl halides is 4. The van der Waals surface area contributed by atoms with Gasteiger partial charge >= 0.3 is 6.18 Å². The number of nitrogens with zero attached hydrogens (tertiary/aromatic N) is 2. The van der Waals surface area contributed by atoms with Gasteiger partial charge in [0.05, 0.1) is 0 Å². The number of carbonyl (C=O) groups is 1. The fourth-order valence-corrected chi connectivity index (χ4v) is 4.90. The third-order valence-corrected chi connectivity index (χ3v) is 6.49. The first-order valence-electron chi connectivity index (χ1n) is 9.82. The van der Waals surface area contributed by atoms with Gasteiger partial charge in [0.15, 0.2) is 6.17 Å². The van der Waals surface area contributed by atoms with E-state index >= 15 is 0 Å². The Bertz CT molecular complexity index is 804. The van der Waals surface area contributed by atoms with Crippen molar-refractivity contribution < 1.29 is 22.4 Å². The average Bonchev–Trinajstić information content (AvgIpc) is 3.05. The highest BCUT2D eigenvalue weighted by Gasteiger charge is 2.71. The summed E-state index contributed by atoms with van der Waals surface area (Å²) in [6.07, 6.45) is -1.04. The lowest BCUT2D eigenvalue weighted by Crippen LogP contribution is -2.51. The van der Waals surface area contributed by atoms with Crippen molar-refractivity contribution in [2.45, 2.75) is 69.3 Å². The Balaban J connectivity index is 1.71. The first-order chi connectivity index (χ1) is 13.3. The van der Waals surface area contributed by atoms with Gasteiger partial charge in [0.25, 0.3) is 5.54 Å². The highest BCUT2D eigenvalue weighted by Crippen LogP contribution is 2.62. The van der Waals surface area contributed by atoms with E-state index in [1.165, 1.54) is 12.1 Å². The van der Waals surface area contributed by atoms with Crippen LogP contribution in [0, 0.1) is 10.8 Å². The van der Waals surface area contributed by atoms with Gasteiger partial charge in [-0.1, -0.05) is 18.9 Å². The van der Waals surface area contributed by atoms with E-state index < -0.39 is 23.5 Å². The Hall–Kier alpha value is -1.99. The monoisotopic (exact) mass is 398 g/mol. The van der Waals surface area contributed by atoms with E-state index in [1.54, 1.807) is 4.90 Å². The van der Waals surface area contributed by atoms with Crippen LogP contribution in [0.3, 0.4) is 0 Å². The van der Waals surface area contributed by atoms with Crippen molar-refractivity contribution in [3.05, 3.63) is 33.7 Å². The third kappa shape index (κ3) is 2.75. The number of halogens is 4. The fourth-order valence-electron chi connectivity index (χ4n) is 4.90. The molecule has 1 fully saturated rings. The predicted molar refractivity (Wildman–Crippen MR) is 95.7 cm³/mol. The molecule has 8 heteroatoms. The number of amides is 1. The molecule has 1 aliphatic heterocycles. The minimum absolute atomic E-state index is 0.0553. The molecule has 0 aromatic heterocycles. The Labute approximate surface area is 160 Å². The second kappa shape index (κ2) is 6.81. The molecule has 1 amide bonds. The van der Waals surface area contributed by atoms with E-state index in [4.69, 9.17) is 0 Å². The van der Waals surface area contributed by atoms with Gasteiger partial charge in [0, 0.05) is 24.2 Å². The predicted octanol–water partition coefficient (Wildman–Crippen LogP) is 5.48. The lowest BCUT2D eigenvalue weighted by atomic mass is 9.67. The second-order valence-electron chi connectivity index (χ2n) is 8.14. The quantitative estimate of drug-likeness (QED) is 0.500. The van der Waals surface area contributed by atoms with E-state index in [2.05, 4.69) is 5.18 Å². The molecule has 2 aliphatic carbocycles. The molecule has 2 unspecified atom stereocenters. The Morgan fingerprint density at radius 2 is 1.89 bits per heavy atom. The topological polar surface area (TPSA) is 49.7 Å². The van der Waals surface area contributed by atoms with Crippen LogP contribution in [-0.2, 0) is 16.8 Å². The minimum Gasteiger partial charge on any atom is -0.312 e. The smallest absolute Gasteiger partial charge is 0.312 e. The molecule has 2 atom stereocenters. The van der Waals surface area contributed by atoms with E-state index in [0.29, 0.717) is 43.0 Å². The number of anilines is 1. The summed E-state index contributed by atoms with van der Waals surface area (Å²) in [4.78, 5) is 25.6. The first kappa shape index (κ1) is 19.3. The molecule has 0 N–H and O–H groups in total. The average molecular weight is 398 g/mol. The maximum absolute atomic E-state index is 14.5. The van der Waals surface area contributed by atoms with E-state index in [0.717, 1.165) is 32.1 Å². The van der Waals surface area contributed by atoms with E-state index in [-0.39, 0.29) is 11.5 Å². The second-order valence-corrected chi connectivity index (χ2v) is 8.14. The zero-order valence-corrected chi connectivity index (χ0v) is 15.4. The van der Waals surface area contributed by atoms with Crippen LogP contribution in [0.15, 0.2) is 17.3 Å². The molecule has 0 bridgehead atoms. The zero-order chi connectivity index (χ0) is 20.1. The summed E-state index contributed by atoms with van der Waals surface area (Å²) >= 11 is 0. The summed E-state index contributed by atoms with van der Waals surface area (Å²) in [5.41, 5.74) is -2.88.